The van der Waals surface area contributed by atoms with E-state index in [1.165, 1.54) is 19.3 Å². The molecule has 4 atom stereocenters. The van der Waals surface area contributed by atoms with Gasteiger partial charge >= 0.3 is 0 Å². The number of carbonyl (C=O) groups is 1. The van der Waals surface area contributed by atoms with E-state index < -0.39 is 0 Å². The average molecular weight is 166 g/mol. The smallest absolute Gasteiger partial charge is 0.237 e. The van der Waals surface area contributed by atoms with Gasteiger partial charge in [-0.05, 0) is 42.9 Å². The van der Waals surface area contributed by atoms with Crippen LogP contribution in [0.5, 0.6) is 0 Å². The fourth-order valence-corrected chi connectivity index (χ4v) is 3.77. The normalized spacial score (nSPS) is 53.6. The lowest BCUT2D eigenvalue weighted by Crippen LogP contribution is -2.33. The van der Waals surface area contributed by atoms with E-state index >= 15 is 0 Å². The second-order valence-electron chi connectivity index (χ2n) is 4.52. The molecule has 0 heterocycles. The van der Waals surface area contributed by atoms with Crippen molar-refractivity contribution in [2.24, 2.45) is 35.4 Å². The van der Waals surface area contributed by atoms with Gasteiger partial charge in [0, 0.05) is 5.92 Å². The van der Waals surface area contributed by atoms with E-state index in [1.54, 1.807) is 0 Å². The van der Waals surface area contributed by atoms with Gasteiger partial charge in [-0.1, -0.05) is 0 Å². The van der Waals surface area contributed by atoms with Crippen LogP contribution < -0.4 is 11.3 Å². The Kier molecular flexibility index (Phi) is 1.16. The van der Waals surface area contributed by atoms with Gasteiger partial charge in [-0.2, -0.15) is 0 Å². The van der Waals surface area contributed by atoms with Crippen molar-refractivity contribution in [1.29, 1.82) is 0 Å². The van der Waals surface area contributed by atoms with Gasteiger partial charge in [-0.15, -0.1) is 0 Å². The second-order valence-corrected chi connectivity index (χ2v) is 4.52. The average Bonchev–Trinajstić information content (AvgIpc) is 2.53. The molecular formula is C9H14N2O. The monoisotopic (exact) mass is 166 g/mol. The highest BCUT2D eigenvalue weighted by Crippen LogP contribution is 2.69. The van der Waals surface area contributed by atoms with Crippen LogP contribution in [0, 0.1) is 29.6 Å². The van der Waals surface area contributed by atoms with Gasteiger partial charge in [-0.3, -0.25) is 10.2 Å². The van der Waals surface area contributed by atoms with E-state index in [-0.39, 0.29) is 5.91 Å². The van der Waals surface area contributed by atoms with Gasteiger partial charge in [0.05, 0.1) is 0 Å². The maximum absolute atomic E-state index is 11.3. The number of hydrazine groups is 1. The SMILES string of the molecule is NNC(=O)C1C2C3CCC(C3)C12. The Morgan fingerprint density at radius 3 is 2.33 bits per heavy atom. The molecule has 0 aliphatic heterocycles. The summed E-state index contributed by atoms with van der Waals surface area (Å²) >= 11 is 0. The van der Waals surface area contributed by atoms with Crippen LogP contribution in [0.15, 0.2) is 0 Å². The van der Waals surface area contributed by atoms with Gasteiger partial charge in [-0.25, -0.2) is 5.84 Å². The van der Waals surface area contributed by atoms with Gasteiger partial charge in [0.15, 0.2) is 0 Å². The summed E-state index contributed by atoms with van der Waals surface area (Å²) in [5, 5.41) is 0. The summed E-state index contributed by atoms with van der Waals surface area (Å²) in [7, 11) is 0. The molecule has 0 saturated heterocycles. The molecule has 0 aromatic carbocycles. The van der Waals surface area contributed by atoms with Crippen molar-refractivity contribution in [1.82, 2.24) is 5.43 Å². The molecule has 3 aliphatic carbocycles. The molecule has 0 radical (unpaired) electrons. The molecule has 3 N–H and O–H groups in total. The highest BCUT2D eigenvalue weighted by atomic mass is 16.2. The first-order valence-electron chi connectivity index (χ1n) is 4.83. The maximum atomic E-state index is 11.3. The van der Waals surface area contributed by atoms with Crippen LogP contribution in [0.25, 0.3) is 0 Å². The molecule has 0 aromatic heterocycles. The zero-order valence-corrected chi connectivity index (χ0v) is 6.99. The number of hydrogen-bond acceptors (Lipinski definition) is 2. The van der Waals surface area contributed by atoms with Crippen molar-refractivity contribution in [3.8, 4) is 0 Å². The number of rotatable bonds is 1. The highest BCUT2D eigenvalue weighted by Gasteiger charge is 2.67. The second kappa shape index (κ2) is 2.02. The molecule has 2 bridgehead atoms. The van der Waals surface area contributed by atoms with Crippen LogP contribution in [-0.4, -0.2) is 5.91 Å². The zero-order chi connectivity index (χ0) is 8.29. The number of amides is 1. The molecule has 66 valence electrons. The Bertz CT molecular complexity index is 225. The standard InChI is InChI=1S/C9H14N2O/c10-11-9(12)8-6-4-1-2-5(3-4)7(6)8/h4-8H,1-3,10H2,(H,11,12). The summed E-state index contributed by atoms with van der Waals surface area (Å²) < 4.78 is 0. The van der Waals surface area contributed by atoms with Crippen molar-refractivity contribution < 1.29 is 4.79 Å². The first-order valence-corrected chi connectivity index (χ1v) is 4.83. The van der Waals surface area contributed by atoms with Gasteiger partial charge in [0.25, 0.3) is 0 Å². The number of hydrogen-bond donors (Lipinski definition) is 2. The third-order valence-corrected chi connectivity index (χ3v) is 4.18. The molecule has 1 amide bonds. The molecule has 4 unspecified atom stereocenters. The molecular weight excluding hydrogens is 152 g/mol. The number of nitrogens with two attached hydrogens (primary N) is 1. The number of nitrogens with one attached hydrogen (secondary N) is 1. The molecule has 3 nitrogen and oxygen atoms in total. The van der Waals surface area contributed by atoms with Crippen LogP contribution in [0.1, 0.15) is 19.3 Å². The lowest BCUT2D eigenvalue weighted by atomic mass is 10.0. The Labute approximate surface area is 71.7 Å². The van der Waals surface area contributed by atoms with E-state index in [4.69, 9.17) is 5.84 Å². The van der Waals surface area contributed by atoms with E-state index in [0.29, 0.717) is 17.8 Å². The summed E-state index contributed by atoms with van der Waals surface area (Å²) in [5.74, 6) is 8.66. The molecule has 0 spiro atoms. The third kappa shape index (κ3) is 0.637. The largest absolute Gasteiger partial charge is 0.294 e. The van der Waals surface area contributed by atoms with Crippen molar-refractivity contribution in [3.63, 3.8) is 0 Å². The minimum Gasteiger partial charge on any atom is -0.294 e. The predicted molar refractivity (Wildman–Crippen MR) is 43.6 cm³/mol. The Morgan fingerprint density at radius 1 is 1.25 bits per heavy atom. The lowest BCUT2D eigenvalue weighted by molar-refractivity contribution is -0.123. The summed E-state index contributed by atoms with van der Waals surface area (Å²) in [4.78, 5) is 11.3. The minimum atomic E-state index is 0.0848. The molecule has 3 heteroatoms. The van der Waals surface area contributed by atoms with E-state index in [2.05, 4.69) is 5.43 Å². The van der Waals surface area contributed by atoms with Crippen LogP contribution in [-0.2, 0) is 4.79 Å². The Morgan fingerprint density at radius 2 is 1.83 bits per heavy atom. The summed E-state index contributed by atoms with van der Waals surface area (Å²) in [6.45, 7) is 0. The van der Waals surface area contributed by atoms with Gasteiger partial charge < -0.3 is 0 Å². The van der Waals surface area contributed by atoms with Crippen LogP contribution in [0.3, 0.4) is 0 Å². The summed E-state index contributed by atoms with van der Waals surface area (Å²) in [6.07, 6.45) is 4.12. The molecule has 3 fully saturated rings. The van der Waals surface area contributed by atoms with Crippen molar-refractivity contribution in [3.05, 3.63) is 0 Å². The van der Waals surface area contributed by atoms with Crippen molar-refractivity contribution >= 4 is 5.91 Å². The highest BCUT2D eigenvalue weighted by molar-refractivity contribution is 5.82. The molecule has 3 saturated carbocycles. The van der Waals surface area contributed by atoms with Crippen LogP contribution >= 0.6 is 0 Å². The van der Waals surface area contributed by atoms with Crippen molar-refractivity contribution in [2.75, 3.05) is 0 Å². The number of fused-ring (bicyclic) bond motifs is 5. The zero-order valence-electron chi connectivity index (χ0n) is 6.99. The van der Waals surface area contributed by atoms with Crippen LogP contribution in [0.2, 0.25) is 0 Å². The number of carbonyl (C=O) groups excluding carboxylic acids is 1. The Balaban J connectivity index is 1.78. The fraction of sp³-hybridized carbons (Fsp3) is 0.889. The summed E-state index contributed by atoms with van der Waals surface area (Å²) in [5.41, 5.74) is 2.29. The topological polar surface area (TPSA) is 55.1 Å². The van der Waals surface area contributed by atoms with E-state index in [9.17, 15) is 4.79 Å². The quantitative estimate of drug-likeness (QED) is 0.334. The fourth-order valence-electron chi connectivity index (χ4n) is 3.77. The maximum Gasteiger partial charge on any atom is 0.237 e. The molecule has 0 aromatic rings. The molecule has 12 heavy (non-hydrogen) atoms. The van der Waals surface area contributed by atoms with Gasteiger partial charge in [0.1, 0.15) is 0 Å². The lowest BCUT2D eigenvalue weighted by Gasteiger charge is -2.06. The molecule has 3 aliphatic rings. The van der Waals surface area contributed by atoms with E-state index in [0.717, 1.165) is 11.8 Å². The summed E-state index contributed by atoms with van der Waals surface area (Å²) in [6, 6.07) is 0. The third-order valence-electron chi connectivity index (χ3n) is 4.18. The van der Waals surface area contributed by atoms with E-state index in [1.807, 2.05) is 0 Å². The van der Waals surface area contributed by atoms with Gasteiger partial charge in [0.2, 0.25) is 5.91 Å². The first kappa shape index (κ1) is 6.89. The molecule has 3 rings (SSSR count). The van der Waals surface area contributed by atoms with Crippen LogP contribution in [0.4, 0.5) is 0 Å². The van der Waals surface area contributed by atoms with Crippen molar-refractivity contribution in [2.45, 2.75) is 19.3 Å². The Hall–Kier alpha value is -0.570. The first-order chi connectivity index (χ1) is 5.83. The predicted octanol–water partition coefficient (Wildman–Crippen LogP) is 0.268. The minimum absolute atomic E-state index is 0.0848.